The molecule has 90 valence electrons. The lowest BCUT2D eigenvalue weighted by atomic mass is 10.1. The fourth-order valence-electron chi connectivity index (χ4n) is 1.46. The number of allylic oxidation sites excluding steroid dienone is 1. The SMILES string of the molecule is C#CCOC(=O)CCCCCCCCC=C. The van der Waals surface area contributed by atoms with Gasteiger partial charge in [0.1, 0.15) is 0 Å². The van der Waals surface area contributed by atoms with E-state index in [1.165, 1.54) is 25.7 Å². The van der Waals surface area contributed by atoms with Gasteiger partial charge in [-0.2, -0.15) is 0 Å². The Kier molecular flexibility index (Phi) is 10.9. The number of rotatable bonds is 10. The molecule has 0 fully saturated rings. The van der Waals surface area contributed by atoms with Crippen LogP contribution in [0.1, 0.15) is 51.4 Å². The van der Waals surface area contributed by atoms with Crippen molar-refractivity contribution in [1.82, 2.24) is 0 Å². The van der Waals surface area contributed by atoms with Crippen LogP contribution in [0.4, 0.5) is 0 Å². The summed E-state index contributed by atoms with van der Waals surface area (Å²) in [5.74, 6) is 2.10. The van der Waals surface area contributed by atoms with Crippen molar-refractivity contribution in [2.75, 3.05) is 6.61 Å². The van der Waals surface area contributed by atoms with Gasteiger partial charge in [0.05, 0.1) is 0 Å². The van der Waals surface area contributed by atoms with Crippen LogP contribution in [0.3, 0.4) is 0 Å². The van der Waals surface area contributed by atoms with Crippen LogP contribution in [0, 0.1) is 12.3 Å². The molecule has 0 unspecified atom stereocenters. The van der Waals surface area contributed by atoms with Gasteiger partial charge >= 0.3 is 5.97 Å². The number of hydrogen-bond donors (Lipinski definition) is 0. The van der Waals surface area contributed by atoms with Crippen molar-refractivity contribution in [3.8, 4) is 12.3 Å². The molecule has 0 aliphatic carbocycles. The molecule has 0 radical (unpaired) electrons. The highest BCUT2D eigenvalue weighted by Crippen LogP contribution is 2.09. The maximum atomic E-state index is 11.0. The monoisotopic (exact) mass is 222 g/mol. The van der Waals surface area contributed by atoms with Gasteiger partial charge in [-0.1, -0.05) is 37.7 Å². The van der Waals surface area contributed by atoms with Gasteiger partial charge in [0.15, 0.2) is 6.61 Å². The van der Waals surface area contributed by atoms with Gasteiger partial charge < -0.3 is 4.74 Å². The highest BCUT2D eigenvalue weighted by atomic mass is 16.5. The smallest absolute Gasteiger partial charge is 0.306 e. The molecule has 0 saturated carbocycles. The zero-order chi connectivity index (χ0) is 12.1. The number of terminal acetylenes is 1. The van der Waals surface area contributed by atoms with Crippen LogP contribution in [0.25, 0.3) is 0 Å². The lowest BCUT2D eigenvalue weighted by Crippen LogP contribution is -2.03. The molecular weight excluding hydrogens is 200 g/mol. The normalized spacial score (nSPS) is 9.44. The Morgan fingerprint density at radius 2 is 1.81 bits per heavy atom. The van der Waals surface area contributed by atoms with Crippen molar-refractivity contribution >= 4 is 5.97 Å². The van der Waals surface area contributed by atoms with Gasteiger partial charge in [-0.15, -0.1) is 13.0 Å². The van der Waals surface area contributed by atoms with Crippen LogP contribution < -0.4 is 0 Å². The van der Waals surface area contributed by atoms with E-state index < -0.39 is 0 Å². The van der Waals surface area contributed by atoms with Crippen molar-refractivity contribution in [3.05, 3.63) is 12.7 Å². The second-order valence-corrected chi connectivity index (χ2v) is 3.81. The third kappa shape index (κ3) is 10.8. The van der Waals surface area contributed by atoms with Crippen molar-refractivity contribution in [1.29, 1.82) is 0 Å². The van der Waals surface area contributed by atoms with Gasteiger partial charge in [-0.3, -0.25) is 4.79 Å². The predicted molar refractivity (Wildman–Crippen MR) is 66.9 cm³/mol. The van der Waals surface area contributed by atoms with Gasteiger partial charge in [0.25, 0.3) is 0 Å². The number of ether oxygens (including phenoxy) is 1. The number of unbranched alkanes of at least 4 members (excludes halogenated alkanes) is 6. The van der Waals surface area contributed by atoms with Crippen LogP contribution in [-0.2, 0) is 9.53 Å². The van der Waals surface area contributed by atoms with Crippen LogP contribution >= 0.6 is 0 Å². The van der Waals surface area contributed by atoms with E-state index in [4.69, 9.17) is 11.2 Å². The molecule has 0 N–H and O–H groups in total. The van der Waals surface area contributed by atoms with Crippen molar-refractivity contribution in [3.63, 3.8) is 0 Å². The highest BCUT2D eigenvalue weighted by Gasteiger charge is 2.00. The van der Waals surface area contributed by atoms with Crippen molar-refractivity contribution in [2.24, 2.45) is 0 Å². The van der Waals surface area contributed by atoms with Crippen LogP contribution in [0.15, 0.2) is 12.7 Å². The summed E-state index contributed by atoms with van der Waals surface area (Å²) in [7, 11) is 0. The van der Waals surface area contributed by atoms with E-state index in [9.17, 15) is 4.79 Å². The molecule has 0 bridgehead atoms. The van der Waals surface area contributed by atoms with E-state index >= 15 is 0 Å². The zero-order valence-corrected chi connectivity index (χ0v) is 10.0. The van der Waals surface area contributed by atoms with Gasteiger partial charge in [-0.05, 0) is 19.3 Å². The fourth-order valence-corrected chi connectivity index (χ4v) is 1.46. The summed E-state index contributed by atoms with van der Waals surface area (Å²) in [6, 6.07) is 0. The summed E-state index contributed by atoms with van der Waals surface area (Å²) in [6.45, 7) is 3.78. The van der Waals surface area contributed by atoms with E-state index in [1.807, 2.05) is 6.08 Å². The first-order valence-corrected chi connectivity index (χ1v) is 6.01. The number of carbonyl (C=O) groups is 1. The zero-order valence-electron chi connectivity index (χ0n) is 10.0. The standard InChI is InChI=1S/C14H22O2/c1-3-5-6-7-8-9-10-11-12-14(15)16-13-4-2/h2-3H,1,5-13H2. The van der Waals surface area contributed by atoms with Crippen molar-refractivity contribution in [2.45, 2.75) is 51.4 Å². The second kappa shape index (κ2) is 11.8. The lowest BCUT2D eigenvalue weighted by Gasteiger charge is -2.01. The van der Waals surface area contributed by atoms with E-state index in [1.54, 1.807) is 0 Å². The van der Waals surface area contributed by atoms with E-state index in [0.29, 0.717) is 6.42 Å². The summed E-state index contributed by atoms with van der Waals surface area (Å²) in [5, 5.41) is 0. The average Bonchev–Trinajstić information content (AvgIpc) is 2.30. The molecule has 16 heavy (non-hydrogen) atoms. The molecule has 0 heterocycles. The molecule has 0 atom stereocenters. The first-order chi connectivity index (χ1) is 7.81. The van der Waals surface area contributed by atoms with E-state index in [0.717, 1.165) is 19.3 Å². The Morgan fingerprint density at radius 1 is 1.19 bits per heavy atom. The summed E-state index contributed by atoms with van der Waals surface area (Å²) >= 11 is 0. The fraction of sp³-hybridized carbons (Fsp3) is 0.643. The molecule has 0 saturated heterocycles. The number of hydrogen-bond acceptors (Lipinski definition) is 2. The maximum Gasteiger partial charge on any atom is 0.306 e. The van der Waals surface area contributed by atoms with Crippen LogP contribution in [-0.4, -0.2) is 12.6 Å². The Hall–Kier alpha value is -1.23. The Morgan fingerprint density at radius 3 is 2.44 bits per heavy atom. The highest BCUT2D eigenvalue weighted by molar-refractivity contribution is 5.69. The number of esters is 1. The van der Waals surface area contributed by atoms with E-state index in [-0.39, 0.29) is 12.6 Å². The third-order valence-corrected chi connectivity index (χ3v) is 2.36. The molecule has 0 spiro atoms. The van der Waals surface area contributed by atoms with Crippen molar-refractivity contribution < 1.29 is 9.53 Å². The lowest BCUT2D eigenvalue weighted by molar-refractivity contribution is -0.142. The van der Waals surface area contributed by atoms with Gasteiger partial charge in [-0.25, -0.2) is 0 Å². The summed E-state index contributed by atoms with van der Waals surface area (Å²) in [4.78, 5) is 11.0. The first-order valence-electron chi connectivity index (χ1n) is 6.01. The molecule has 2 heteroatoms. The summed E-state index contributed by atoms with van der Waals surface area (Å²) < 4.78 is 4.76. The molecule has 0 aromatic rings. The minimum atomic E-state index is -0.176. The molecule has 2 nitrogen and oxygen atoms in total. The van der Waals surface area contributed by atoms with Gasteiger partial charge in [0, 0.05) is 6.42 Å². The van der Waals surface area contributed by atoms with Crippen LogP contribution in [0.5, 0.6) is 0 Å². The average molecular weight is 222 g/mol. The van der Waals surface area contributed by atoms with E-state index in [2.05, 4.69) is 12.5 Å². The topological polar surface area (TPSA) is 26.3 Å². The molecule has 0 aliphatic rings. The molecule has 0 aromatic heterocycles. The third-order valence-electron chi connectivity index (χ3n) is 2.36. The Bertz CT molecular complexity index is 225. The molecule has 0 amide bonds. The first kappa shape index (κ1) is 14.8. The van der Waals surface area contributed by atoms with Crippen LogP contribution in [0.2, 0.25) is 0 Å². The maximum absolute atomic E-state index is 11.0. The van der Waals surface area contributed by atoms with Gasteiger partial charge in [0.2, 0.25) is 0 Å². The molecule has 0 aromatic carbocycles. The quantitative estimate of drug-likeness (QED) is 0.245. The Labute approximate surface area is 99.1 Å². The minimum Gasteiger partial charge on any atom is -0.452 e. The largest absolute Gasteiger partial charge is 0.452 e. The number of carbonyl (C=O) groups excluding carboxylic acids is 1. The second-order valence-electron chi connectivity index (χ2n) is 3.81. The predicted octanol–water partition coefficient (Wildman–Crippen LogP) is 3.47. The summed E-state index contributed by atoms with van der Waals surface area (Å²) in [5.41, 5.74) is 0. The summed E-state index contributed by atoms with van der Waals surface area (Å²) in [6.07, 6.45) is 15.5. The minimum absolute atomic E-state index is 0.0976. The Balaban J connectivity index is 3.11. The molecular formula is C14H22O2. The molecule has 0 rings (SSSR count). The molecule has 0 aliphatic heterocycles.